The van der Waals surface area contributed by atoms with Gasteiger partial charge in [-0.15, -0.1) is 0 Å². The molecule has 0 aliphatic heterocycles. The summed E-state index contributed by atoms with van der Waals surface area (Å²) in [6.07, 6.45) is 2.28. The van der Waals surface area contributed by atoms with Crippen molar-refractivity contribution >= 4 is 0 Å². The minimum atomic E-state index is 0.250. The molecule has 1 rings (SSSR count). The van der Waals surface area contributed by atoms with E-state index in [0.717, 1.165) is 11.1 Å². The third-order valence-corrected chi connectivity index (χ3v) is 2.68. The quantitative estimate of drug-likeness (QED) is 0.436. The second kappa shape index (κ2) is 12.0. The van der Waals surface area contributed by atoms with Crippen molar-refractivity contribution in [3.05, 3.63) is 59.1 Å². The van der Waals surface area contributed by atoms with Crippen molar-refractivity contribution in [2.75, 3.05) is 13.7 Å². The summed E-state index contributed by atoms with van der Waals surface area (Å²) in [5, 5.41) is 9.64. The Bertz CT molecular complexity index is 429. The molecule has 1 aromatic carbocycles. The van der Waals surface area contributed by atoms with Crippen LogP contribution in [0.1, 0.15) is 39.7 Å². The summed E-state index contributed by atoms with van der Waals surface area (Å²) >= 11 is 0. The summed E-state index contributed by atoms with van der Waals surface area (Å²) in [5.41, 5.74) is 2.01. The number of aliphatic hydroxyl groups is 1. The maximum atomic E-state index is 9.64. The number of aliphatic hydroxyl groups excluding tert-OH is 1. The van der Waals surface area contributed by atoms with Gasteiger partial charge in [-0.25, -0.2) is 0 Å². The SMILES string of the molecule is CC.CO/C(=C\C(O)=C(C)C)CCOCc1ccccc1. The Morgan fingerprint density at radius 1 is 1.14 bits per heavy atom. The highest BCUT2D eigenvalue weighted by Gasteiger charge is 2.00. The molecule has 0 bridgehead atoms. The minimum Gasteiger partial charge on any atom is -0.508 e. The van der Waals surface area contributed by atoms with Crippen molar-refractivity contribution in [3.63, 3.8) is 0 Å². The van der Waals surface area contributed by atoms with Crippen LogP contribution >= 0.6 is 0 Å². The highest BCUT2D eigenvalue weighted by atomic mass is 16.5. The molecule has 0 saturated heterocycles. The number of hydrogen-bond donors (Lipinski definition) is 1. The van der Waals surface area contributed by atoms with Crippen molar-refractivity contribution in [1.29, 1.82) is 0 Å². The molecule has 0 saturated carbocycles. The second-order valence-electron chi connectivity index (χ2n) is 4.49. The number of ether oxygens (including phenoxy) is 2. The Kier molecular flexibility index (Phi) is 11.0. The summed E-state index contributed by atoms with van der Waals surface area (Å²) in [7, 11) is 1.60. The Balaban J connectivity index is 0.00000191. The molecule has 3 nitrogen and oxygen atoms in total. The molecule has 0 heterocycles. The van der Waals surface area contributed by atoms with Crippen molar-refractivity contribution in [3.8, 4) is 0 Å². The Morgan fingerprint density at radius 3 is 2.29 bits per heavy atom. The fraction of sp³-hybridized carbons (Fsp3) is 0.444. The van der Waals surface area contributed by atoms with Crippen LogP contribution < -0.4 is 0 Å². The predicted molar refractivity (Wildman–Crippen MR) is 88.2 cm³/mol. The molecule has 0 atom stereocenters. The first kappa shape index (κ1) is 19.3. The van der Waals surface area contributed by atoms with E-state index < -0.39 is 0 Å². The van der Waals surface area contributed by atoms with Gasteiger partial charge in [0.05, 0.1) is 20.3 Å². The van der Waals surface area contributed by atoms with Crippen molar-refractivity contribution in [2.24, 2.45) is 0 Å². The molecule has 0 aromatic heterocycles. The fourth-order valence-corrected chi connectivity index (χ4v) is 1.47. The zero-order valence-corrected chi connectivity index (χ0v) is 13.8. The molecule has 1 aromatic rings. The molecule has 0 spiro atoms. The first-order valence-electron chi connectivity index (χ1n) is 7.36. The summed E-state index contributed by atoms with van der Waals surface area (Å²) < 4.78 is 10.8. The standard InChI is InChI=1S/C16H22O3.C2H6/c1-13(2)16(17)11-15(18-3)9-10-19-12-14-7-5-4-6-8-14;1-2/h4-8,11,17H,9-10,12H2,1-3H3;1-2H3/b15-11-;. The van der Waals surface area contributed by atoms with Gasteiger partial charge < -0.3 is 14.6 Å². The lowest BCUT2D eigenvalue weighted by molar-refractivity contribution is 0.112. The molecule has 0 fully saturated rings. The van der Waals surface area contributed by atoms with Crippen molar-refractivity contribution in [2.45, 2.75) is 40.7 Å². The van der Waals surface area contributed by atoms with Gasteiger partial charge in [-0.1, -0.05) is 44.2 Å². The van der Waals surface area contributed by atoms with E-state index in [1.165, 1.54) is 0 Å². The van der Waals surface area contributed by atoms with E-state index in [1.54, 1.807) is 13.2 Å². The van der Waals surface area contributed by atoms with Crippen LogP contribution in [-0.4, -0.2) is 18.8 Å². The number of methoxy groups -OCH3 is 1. The Hall–Kier alpha value is -1.74. The van der Waals surface area contributed by atoms with Gasteiger partial charge in [0.25, 0.3) is 0 Å². The zero-order chi connectivity index (χ0) is 16.1. The molecule has 0 radical (unpaired) electrons. The molecule has 0 unspecified atom stereocenters. The zero-order valence-electron chi connectivity index (χ0n) is 13.8. The van der Waals surface area contributed by atoms with Crippen LogP contribution in [0, 0.1) is 0 Å². The molecule has 21 heavy (non-hydrogen) atoms. The van der Waals surface area contributed by atoms with Crippen molar-refractivity contribution < 1.29 is 14.6 Å². The molecule has 1 N–H and O–H groups in total. The molecule has 3 heteroatoms. The van der Waals surface area contributed by atoms with Gasteiger partial charge in [-0.2, -0.15) is 0 Å². The van der Waals surface area contributed by atoms with E-state index in [2.05, 4.69) is 0 Å². The highest BCUT2D eigenvalue weighted by molar-refractivity contribution is 5.18. The van der Waals surface area contributed by atoms with Crippen LogP contribution in [-0.2, 0) is 16.1 Å². The third kappa shape index (κ3) is 8.92. The number of allylic oxidation sites excluding steroid dienone is 2. The molecule has 0 aliphatic carbocycles. The van der Waals surface area contributed by atoms with Gasteiger partial charge in [0.1, 0.15) is 11.5 Å². The second-order valence-corrected chi connectivity index (χ2v) is 4.49. The Labute approximate surface area is 128 Å². The highest BCUT2D eigenvalue weighted by Crippen LogP contribution is 2.10. The van der Waals surface area contributed by atoms with Gasteiger partial charge in [0.15, 0.2) is 0 Å². The molecule has 0 amide bonds. The van der Waals surface area contributed by atoms with Gasteiger partial charge in [0.2, 0.25) is 0 Å². The van der Waals surface area contributed by atoms with Crippen LogP contribution in [0.5, 0.6) is 0 Å². The average molecular weight is 292 g/mol. The van der Waals surface area contributed by atoms with Crippen LogP contribution in [0.4, 0.5) is 0 Å². The summed E-state index contributed by atoms with van der Waals surface area (Å²) in [6.45, 7) is 8.85. The first-order valence-corrected chi connectivity index (χ1v) is 7.36. The van der Waals surface area contributed by atoms with Gasteiger partial charge in [-0.05, 0) is 25.0 Å². The monoisotopic (exact) mass is 292 g/mol. The van der Waals surface area contributed by atoms with E-state index in [4.69, 9.17) is 9.47 Å². The fourth-order valence-electron chi connectivity index (χ4n) is 1.47. The largest absolute Gasteiger partial charge is 0.508 e. The van der Waals surface area contributed by atoms with E-state index in [9.17, 15) is 5.11 Å². The predicted octanol–water partition coefficient (Wildman–Crippen LogP) is 5.00. The van der Waals surface area contributed by atoms with E-state index in [0.29, 0.717) is 25.4 Å². The van der Waals surface area contributed by atoms with Crippen molar-refractivity contribution in [1.82, 2.24) is 0 Å². The molecular formula is C18H28O3. The van der Waals surface area contributed by atoms with Gasteiger partial charge in [-0.3, -0.25) is 0 Å². The normalized spacial score (nSPS) is 10.4. The third-order valence-electron chi connectivity index (χ3n) is 2.68. The van der Waals surface area contributed by atoms with Gasteiger partial charge >= 0.3 is 0 Å². The summed E-state index contributed by atoms with van der Waals surface area (Å²) in [5.74, 6) is 0.965. The van der Waals surface area contributed by atoms with E-state index in [-0.39, 0.29) is 5.76 Å². The minimum absolute atomic E-state index is 0.250. The van der Waals surface area contributed by atoms with Crippen LogP contribution in [0.25, 0.3) is 0 Å². The lowest BCUT2D eigenvalue weighted by atomic mass is 10.2. The first-order chi connectivity index (χ1) is 10.1. The maximum absolute atomic E-state index is 9.64. The maximum Gasteiger partial charge on any atom is 0.117 e. The van der Waals surface area contributed by atoms with Crippen LogP contribution in [0.15, 0.2) is 53.5 Å². The van der Waals surface area contributed by atoms with Crippen LogP contribution in [0.3, 0.4) is 0 Å². The number of rotatable bonds is 7. The topological polar surface area (TPSA) is 38.7 Å². The van der Waals surface area contributed by atoms with E-state index >= 15 is 0 Å². The average Bonchev–Trinajstić information content (AvgIpc) is 2.53. The Morgan fingerprint density at radius 2 is 1.76 bits per heavy atom. The molecular weight excluding hydrogens is 264 g/mol. The molecule has 0 aliphatic rings. The van der Waals surface area contributed by atoms with Gasteiger partial charge in [0, 0.05) is 12.5 Å². The van der Waals surface area contributed by atoms with E-state index in [1.807, 2.05) is 58.0 Å². The smallest absolute Gasteiger partial charge is 0.117 e. The summed E-state index contributed by atoms with van der Waals surface area (Å²) in [6, 6.07) is 10.0. The van der Waals surface area contributed by atoms with Crippen LogP contribution in [0.2, 0.25) is 0 Å². The number of benzene rings is 1. The number of hydrogen-bond acceptors (Lipinski definition) is 3. The lowest BCUT2D eigenvalue weighted by Crippen LogP contribution is -1.99. The lowest BCUT2D eigenvalue weighted by Gasteiger charge is -2.08. The summed E-state index contributed by atoms with van der Waals surface area (Å²) in [4.78, 5) is 0. The molecule has 118 valence electrons.